The van der Waals surface area contributed by atoms with Gasteiger partial charge in [-0.1, -0.05) is 6.07 Å². The summed E-state index contributed by atoms with van der Waals surface area (Å²) in [6, 6.07) is 9.06. The lowest BCUT2D eigenvalue weighted by molar-refractivity contribution is 0.0939. The number of ether oxygens (including phenoxy) is 2. The quantitative estimate of drug-likeness (QED) is 0.934. The normalized spacial score (nSPS) is 14.0. The van der Waals surface area contributed by atoms with Crippen molar-refractivity contribution >= 4 is 11.7 Å². The van der Waals surface area contributed by atoms with E-state index in [0.29, 0.717) is 18.8 Å². The largest absolute Gasteiger partial charge is 0.486 e. The highest BCUT2D eigenvalue weighted by atomic mass is 16.6. The third kappa shape index (κ3) is 3.42. The molecule has 1 atom stereocenters. The summed E-state index contributed by atoms with van der Waals surface area (Å²) in [6.07, 6.45) is 1.64. The van der Waals surface area contributed by atoms with E-state index < -0.39 is 0 Å². The fourth-order valence-corrected chi connectivity index (χ4v) is 2.50. The van der Waals surface area contributed by atoms with Gasteiger partial charge in [-0.25, -0.2) is 4.98 Å². The molecule has 6 nitrogen and oxygen atoms in total. The van der Waals surface area contributed by atoms with Gasteiger partial charge in [-0.15, -0.1) is 0 Å². The van der Waals surface area contributed by atoms with Crippen LogP contribution in [0.25, 0.3) is 0 Å². The van der Waals surface area contributed by atoms with E-state index in [4.69, 9.17) is 9.47 Å². The summed E-state index contributed by atoms with van der Waals surface area (Å²) >= 11 is 0. The van der Waals surface area contributed by atoms with Crippen LogP contribution >= 0.6 is 0 Å². The lowest BCUT2D eigenvalue weighted by Crippen LogP contribution is -2.27. The van der Waals surface area contributed by atoms with Crippen molar-refractivity contribution in [3.63, 3.8) is 0 Å². The third-order valence-corrected chi connectivity index (χ3v) is 3.88. The maximum Gasteiger partial charge on any atom is 0.251 e. The zero-order valence-corrected chi connectivity index (χ0v) is 14.1. The summed E-state index contributed by atoms with van der Waals surface area (Å²) in [6.45, 7) is 3.05. The summed E-state index contributed by atoms with van der Waals surface area (Å²) in [5, 5.41) is 3.00. The fourth-order valence-electron chi connectivity index (χ4n) is 2.50. The highest BCUT2D eigenvalue weighted by molar-refractivity contribution is 5.95. The highest BCUT2D eigenvalue weighted by Crippen LogP contribution is 2.32. The fraction of sp³-hybridized carbons (Fsp3) is 0.333. The van der Waals surface area contributed by atoms with E-state index in [1.165, 1.54) is 0 Å². The number of nitrogens with zero attached hydrogens (tertiary/aromatic N) is 2. The number of hydrogen-bond acceptors (Lipinski definition) is 5. The third-order valence-electron chi connectivity index (χ3n) is 3.88. The van der Waals surface area contributed by atoms with E-state index in [2.05, 4.69) is 10.3 Å². The Balaban J connectivity index is 1.73. The number of carbonyl (C=O) groups is 1. The van der Waals surface area contributed by atoms with Gasteiger partial charge in [0.1, 0.15) is 19.0 Å². The van der Waals surface area contributed by atoms with Crippen LogP contribution in [0.3, 0.4) is 0 Å². The molecule has 2 heterocycles. The number of carbonyl (C=O) groups excluding carboxylic acids is 1. The zero-order valence-electron chi connectivity index (χ0n) is 14.1. The Morgan fingerprint density at radius 3 is 2.67 bits per heavy atom. The Morgan fingerprint density at radius 1 is 1.17 bits per heavy atom. The van der Waals surface area contributed by atoms with Crippen molar-refractivity contribution < 1.29 is 14.3 Å². The topological polar surface area (TPSA) is 63.7 Å². The molecular formula is C18H21N3O3. The maximum atomic E-state index is 12.5. The van der Waals surface area contributed by atoms with Gasteiger partial charge >= 0.3 is 0 Å². The van der Waals surface area contributed by atoms with Gasteiger partial charge in [0.05, 0.1) is 6.04 Å². The number of benzene rings is 1. The standard InChI is InChI=1S/C18H21N3O3/c1-12(13-4-5-15-16(10-13)24-9-8-23-15)20-18(22)14-6-7-19-17(11-14)21(2)3/h4-7,10-12H,8-9H2,1-3H3,(H,20,22)/t12-/m1/s1. The first-order valence-electron chi connectivity index (χ1n) is 7.88. The van der Waals surface area contributed by atoms with E-state index >= 15 is 0 Å². The van der Waals surface area contributed by atoms with Crippen LogP contribution in [-0.4, -0.2) is 38.2 Å². The molecule has 0 aliphatic carbocycles. The Hall–Kier alpha value is -2.76. The highest BCUT2D eigenvalue weighted by Gasteiger charge is 2.17. The second-order valence-corrected chi connectivity index (χ2v) is 5.90. The number of amides is 1. The van der Waals surface area contributed by atoms with Crippen LogP contribution in [0.15, 0.2) is 36.5 Å². The predicted octanol–water partition coefficient (Wildman–Crippen LogP) is 2.41. The molecule has 2 aromatic rings. The predicted molar refractivity (Wildman–Crippen MR) is 91.9 cm³/mol. The molecule has 1 N–H and O–H groups in total. The molecule has 1 amide bonds. The summed E-state index contributed by atoms with van der Waals surface area (Å²) in [5.74, 6) is 2.07. The molecule has 0 saturated heterocycles. The van der Waals surface area contributed by atoms with Gasteiger partial charge in [-0.2, -0.15) is 0 Å². The molecule has 1 aliphatic heterocycles. The minimum absolute atomic E-state index is 0.136. The van der Waals surface area contributed by atoms with Gasteiger partial charge in [-0.3, -0.25) is 4.79 Å². The summed E-state index contributed by atoms with van der Waals surface area (Å²) in [5.41, 5.74) is 1.55. The second-order valence-electron chi connectivity index (χ2n) is 5.90. The van der Waals surface area contributed by atoms with Crippen molar-refractivity contribution in [1.29, 1.82) is 0 Å². The Labute approximate surface area is 141 Å². The van der Waals surface area contributed by atoms with E-state index in [1.807, 2.05) is 44.1 Å². The number of anilines is 1. The molecular weight excluding hydrogens is 306 g/mol. The Morgan fingerprint density at radius 2 is 1.92 bits per heavy atom. The van der Waals surface area contributed by atoms with E-state index in [1.54, 1.807) is 18.3 Å². The van der Waals surface area contributed by atoms with Crippen LogP contribution in [-0.2, 0) is 0 Å². The average molecular weight is 327 g/mol. The molecule has 0 fully saturated rings. The number of rotatable bonds is 4. The molecule has 24 heavy (non-hydrogen) atoms. The molecule has 6 heteroatoms. The second kappa shape index (κ2) is 6.78. The van der Waals surface area contributed by atoms with E-state index in [9.17, 15) is 4.79 Å². The van der Waals surface area contributed by atoms with Crippen LogP contribution < -0.4 is 19.7 Å². The lowest BCUT2D eigenvalue weighted by atomic mass is 10.1. The minimum Gasteiger partial charge on any atom is -0.486 e. The van der Waals surface area contributed by atoms with Crippen LogP contribution in [0.1, 0.15) is 28.9 Å². The van der Waals surface area contributed by atoms with Crippen LogP contribution in [0, 0.1) is 0 Å². The van der Waals surface area contributed by atoms with Crippen LogP contribution in [0.4, 0.5) is 5.82 Å². The Bertz CT molecular complexity index is 746. The van der Waals surface area contributed by atoms with Gasteiger partial charge in [0.15, 0.2) is 11.5 Å². The number of fused-ring (bicyclic) bond motifs is 1. The van der Waals surface area contributed by atoms with Crippen molar-refractivity contribution in [1.82, 2.24) is 10.3 Å². The summed E-state index contributed by atoms with van der Waals surface area (Å²) < 4.78 is 11.1. The molecule has 0 radical (unpaired) electrons. The lowest BCUT2D eigenvalue weighted by Gasteiger charge is -2.21. The molecule has 0 spiro atoms. The Kier molecular flexibility index (Phi) is 4.55. The first-order valence-corrected chi connectivity index (χ1v) is 7.88. The van der Waals surface area contributed by atoms with Gasteiger partial charge < -0.3 is 19.7 Å². The molecule has 1 aromatic heterocycles. The molecule has 0 saturated carbocycles. The maximum absolute atomic E-state index is 12.5. The molecule has 126 valence electrons. The molecule has 1 aromatic carbocycles. The molecule has 0 bridgehead atoms. The van der Waals surface area contributed by atoms with Crippen LogP contribution in [0.5, 0.6) is 11.5 Å². The van der Waals surface area contributed by atoms with Gasteiger partial charge in [0.2, 0.25) is 0 Å². The van der Waals surface area contributed by atoms with Crippen LogP contribution in [0.2, 0.25) is 0 Å². The van der Waals surface area contributed by atoms with E-state index in [-0.39, 0.29) is 11.9 Å². The van der Waals surface area contributed by atoms with Crippen molar-refractivity contribution in [2.45, 2.75) is 13.0 Å². The van der Waals surface area contributed by atoms with Crippen molar-refractivity contribution in [2.75, 3.05) is 32.2 Å². The smallest absolute Gasteiger partial charge is 0.251 e. The average Bonchev–Trinajstić information content (AvgIpc) is 2.61. The summed E-state index contributed by atoms with van der Waals surface area (Å²) in [4.78, 5) is 18.6. The zero-order chi connectivity index (χ0) is 17.1. The minimum atomic E-state index is -0.149. The van der Waals surface area contributed by atoms with Gasteiger partial charge in [-0.05, 0) is 36.8 Å². The van der Waals surface area contributed by atoms with Crippen molar-refractivity contribution in [2.24, 2.45) is 0 Å². The number of pyridine rings is 1. The van der Waals surface area contributed by atoms with Crippen molar-refractivity contribution in [3.05, 3.63) is 47.7 Å². The molecule has 0 unspecified atom stereocenters. The van der Waals surface area contributed by atoms with Gasteiger partial charge in [0.25, 0.3) is 5.91 Å². The van der Waals surface area contributed by atoms with Gasteiger partial charge in [0, 0.05) is 25.9 Å². The first kappa shape index (κ1) is 16.1. The number of aromatic nitrogens is 1. The van der Waals surface area contributed by atoms with Crippen molar-refractivity contribution in [3.8, 4) is 11.5 Å². The monoisotopic (exact) mass is 327 g/mol. The number of hydrogen-bond donors (Lipinski definition) is 1. The number of nitrogens with one attached hydrogen (secondary N) is 1. The van der Waals surface area contributed by atoms with E-state index in [0.717, 1.165) is 22.9 Å². The summed E-state index contributed by atoms with van der Waals surface area (Å²) in [7, 11) is 3.78. The SMILES string of the molecule is C[C@@H](NC(=O)c1ccnc(N(C)C)c1)c1ccc2c(c1)OCCO2. The first-order chi connectivity index (χ1) is 11.5. The molecule has 3 rings (SSSR count). The molecule has 1 aliphatic rings.